The standard InChI is InChI=1S/C10H12Cl2O/c1-6-4-3-5-8(7(6)2)9(13)10(11)12/h3-5,9-10,13H,1-2H3. The van der Waals surface area contributed by atoms with Gasteiger partial charge in [-0.3, -0.25) is 0 Å². The number of rotatable bonds is 2. The lowest BCUT2D eigenvalue weighted by Crippen LogP contribution is -2.08. The average molecular weight is 219 g/mol. The van der Waals surface area contributed by atoms with Gasteiger partial charge in [0.1, 0.15) is 10.9 Å². The Balaban J connectivity index is 3.07. The van der Waals surface area contributed by atoms with Crippen molar-refractivity contribution in [1.82, 2.24) is 0 Å². The zero-order chi connectivity index (χ0) is 10.0. The van der Waals surface area contributed by atoms with Gasteiger partial charge in [-0.1, -0.05) is 18.2 Å². The highest BCUT2D eigenvalue weighted by atomic mass is 35.5. The summed E-state index contributed by atoms with van der Waals surface area (Å²) in [5.41, 5.74) is 2.97. The van der Waals surface area contributed by atoms with Gasteiger partial charge in [0.25, 0.3) is 0 Å². The van der Waals surface area contributed by atoms with E-state index in [0.29, 0.717) is 0 Å². The van der Waals surface area contributed by atoms with E-state index in [4.69, 9.17) is 23.2 Å². The first-order valence-electron chi connectivity index (χ1n) is 4.06. The van der Waals surface area contributed by atoms with Crippen LogP contribution in [-0.4, -0.2) is 9.94 Å². The van der Waals surface area contributed by atoms with Crippen LogP contribution in [0.4, 0.5) is 0 Å². The largest absolute Gasteiger partial charge is 0.386 e. The highest BCUT2D eigenvalue weighted by Gasteiger charge is 2.17. The van der Waals surface area contributed by atoms with Gasteiger partial charge in [0.15, 0.2) is 0 Å². The summed E-state index contributed by atoms with van der Waals surface area (Å²) < 4.78 is 0. The van der Waals surface area contributed by atoms with Gasteiger partial charge in [-0.2, -0.15) is 0 Å². The van der Waals surface area contributed by atoms with Crippen molar-refractivity contribution in [2.45, 2.75) is 24.8 Å². The van der Waals surface area contributed by atoms with E-state index < -0.39 is 10.9 Å². The summed E-state index contributed by atoms with van der Waals surface area (Å²) >= 11 is 11.2. The Kier molecular flexibility index (Phi) is 3.60. The lowest BCUT2D eigenvalue weighted by Gasteiger charge is -2.15. The topological polar surface area (TPSA) is 20.2 Å². The minimum absolute atomic E-state index is 0.777. The molecule has 1 nitrogen and oxygen atoms in total. The fourth-order valence-electron chi connectivity index (χ4n) is 1.23. The summed E-state index contributed by atoms with van der Waals surface area (Å²) in [5.74, 6) is 0. The normalized spacial score (nSPS) is 13.4. The molecule has 13 heavy (non-hydrogen) atoms. The van der Waals surface area contributed by atoms with Crippen molar-refractivity contribution in [1.29, 1.82) is 0 Å². The number of hydrogen-bond acceptors (Lipinski definition) is 1. The maximum absolute atomic E-state index is 9.64. The summed E-state index contributed by atoms with van der Waals surface area (Å²) in [4.78, 5) is -0.777. The molecule has 1 atom stereocenters. The molecule has 0 amide bonds. The molecule has 0 aromatic heterocycles. The minimum Gasteiger partial charge on any atom is -0.386 e. The van der Waals surface area contributed by atoms with E-state index in [1.54, 1.807) is 0 Å². The van der Waals surface area contributed by atoms with Gasteiger partial charge in [0, 0.05) is 0 Å². The lowest BCUT2D eigenvalue weighted by molar-refractivity contribution is 0.192. The third-order valence-corrected chi connectivity index (χ3v) is 2.68. The van der Waals surface area contributed by atoms with Crippen LogP contribution in [0.2, 0.25) is 0 Å². The van der Waals surface area contributed by atoms with E-state index in [1.807, 2.05) is 32.0 Å². The van der Waals surface area contributed by atoms with Crippen LogP contribution < -0.4 is 0 Å². The molecule has 0 heterocycles. The van der Waals surface area contributed by atoms with Gasteiger partial charge in [-0.15, -0.1) is 23.2 Å². The Hall–Kier alpha value is -0.240. The molecule has 1 N–H and O–H groups in total. The van der Waals surface area contributed by atoms with Crippen molar-refractivity contribution in [2.24, 2.45) is 0 Å². The highest BCUT2D eigenvalue weighted by Crippen LogP contribution is 2.27. The van der Waals surface area contributed by atoms with Crippen molar-refractivity contribution >= 4 is 23.2 Å². The van der Waals surface area contributed by atoms with Gasteiger partial charge in [-0.05, 0) is 30.5 Å². The van der Waals surface area contributed by atoms with Crippen molar-refractivity contribution in [3.05, 3.63) is 34.9 Å². The molecule has 0 bridgehead atoms. The van der Waals surface area contributed by atoms with Crippen LogP contribution in [0.1, 0.15) is 22.8 Å². The van der Waals surface area contributed by atoms with Crippen LogP contribution >= 0.6 is 23.2 Å². The second-order valence-corrected chi connectivity index (χ2v) is 4.23. The van der Waals surface area contributed by atoms with Crippen molar-refractivity contribution in [3.63, 3.8) is 0 Å². The van der Waals surface area contributed by atoms with Crippen molar-refractivity contribution in [3.8, 4) is 0 Å². The second kappa shape index (κ2) is 4.32. The molecule has 0 aliphatic carbocycles. The molecule has 0 saturated carbocycles. The summed E-state index contributed by atoms with van der Waals surface area (Å²) in [6, 6.07) is 5.71. The number of benzene rings is 1. The van der Waals surface area contributed by atoms with E-state index in [2.05, 4.69) is 0 Å². The molecule has 1 rings (SSSR count). The zero-order valence-corrected chi connectivity index (χ0v) is 9.10. The summed E-state index contributed by atoms with van der Waals surface area (Å²) in [7, 11) is 0. The zero-order valence-electron chi connectivity index (χ0n) is 7.59. The van der Waals surface area contributed by atoms with Crippen molar-refractivity contribution < 1.29 is 5.11 Å². The van der Waals surface area contributed by atoms with E-state index >= 15 is 0 Å². The number of alkyl halides is 2. The van der Waals surface area contributed by atoms with Crippen LogP contribution in [0.3, 0.4) is 0 Å². The maximum atomic E-state index is 9.64. The molecule has 0 aliphatic rings. The number of aliphatic hydroxyl groups excluding tert-OH is 1. The average Bonchev–Trinajstić information content (AvgIpc) is 2.08. The molecule has 0 aliphatic heterocycles. The van der Waals surface area contributed by atoms with Gasteiger partial charge < -0.3 is 5.11 Å². The first-order chi connectivity index (χ1) is 6.04. The molecule has 0 saturated heterocycles. The van der Waals surface area contributed by atoms with Gasteiger partial charge >= 0.3 is 0 Å². The Morgan fingerprint density at radius 1 is 1.23 bits per heavy atom. The van der Waals surface area contributed by atoms with Gasteiger partial charge in [0.2, 0.25) is 0 Å². The van der Waals surface area contributed by atoms with Crippen LogP contribution in [-0.2, 0) is 0 Å². The smallest absolute Gasteiger partial charge is 0.137 e. The van der Waals surface area contributed by atoms with Crippen LogP contribution in [0, 0.1) is 13.8 Å². The van der Waals surface area contributed by atoms with Crippen LogP contribution in [0.5, 0.6) is 0 Å². The highest BCUT2D eigenvalue weighted by molar-refractivity contribution is 6.44. The number of aryl methyl sites for hydroxylation is 1. The Morgan fingerprint density at radius 3 is 2.38 bits per heavy atom. The molecular weight excluding hydrogens is 207 g/mol. The fraction of sp³-hybridized carbons (Fsp3) is 0.400. The monoisotopic (exact) mass is 218 g/mol. The lowest BCUT2D eigenvalue weighted by atomic mass is 10.00. The second-order valence-electron chi connectivity index (χ2n) is 3.07. The number of halogens is 2. The van der Waals surface area contributed by atoms with E-state index in [-0.39, 0.29) is 0 Å². The van der Waals surface area contributed by atoms with E-state index in [1.165, 1.54) is 0 Å². The predicted octanol–water partition coefficient (Wildman–Crippen LogP) is 3.14. The third kappa shape index (κ3) is 2.37. The summed E-state index contributed by atoms with van der Waals surface area (Å²) in [6.45, 7) is 3.94. The minimum atomic E-state index is -0.803. The van der Waals surface area contributed by atoms with Crippen molar-refractivity contribution in [2.75, 3.05) is 0 Å². The number of hydrogen-bond donors (Lipinski definition) is 1. The summed E-state index contributed by atoms with van der Waals surface area (Å²) in [5, 5.41) is 9.64. The predicted molar refractivity (Wildman–Crippen MR) is 56.4 cm³/mol. The first kappa shape index (κ1) is 10.8. The molecule has 1 unspecified atom stereocenters. The van der Waals surface area contributed by atoms with Gasteiger partial charge in [0.05, 0.1) is 0 Å². The molecule has 3 heteroatoms. The molecule has 0 spiro atoms. The van der Waals surface area contributed by atoms with Gasteiger partial charge in [-0.25, -0.2) is 0 Å². The molecule has 1 aromatic carbocycles. The third-order valence-electron chi connectivity index (χ3n) is 2.20. The Bertz CT molecular complexity index is 297. The van der Waals surface area contributed by atoms with Crippen LogP contribution in [0.25, 0.3) is 0 Å². The molecule has 0 radical (unpaired) electrons. The summed E-state index contributed by atoms with van der Waals surface area (Å²) in [6.07, 6.45) is -0.803. The fourth-order valence-corrected chi connectivity index (χ4v) is 1.50. The SMILES string of the molecule is Cc1cccc(C(O)C(Cl)Cl)c1C. The molecular formula is C10H12Cl2O. The molecule has 72 valence electrons. The Morgan fingerprint density at radius 2 is 1.85 bits per heavy atom. The van der Waals surface area contributed by atoms with E-state index in [0.717, 1.165) is 16.7 Å². The molecule has 1 aromatic rings. The van der Waals surface area contributed by atoms with E-state index in [9.17, 15) is 5.11 Å². The van der Waals surface area contributed by atoms with Crippen LogP contribution in [0.15, 0.2) is 18.2 Å². The first-order valence-corrected chi connectivity index (χ1v) is 4.93. The Labute approximate surface area is 88.3 Å². The molecule has 0 fully saturated rings. The quantitative estimate of drug-likeness (QED) is 0.757. The number of aliphatic hydroxyl groups is 1. The maximum Gasteiger partial charge on any atom is 0.137 e.